The van der Waals surface area contributed by atoms with Crippen LogP contribution in [0.2, 0.25) is 0 Å². The first-order valence-corrected chi connectivity index (χ1v) is 12.5. The summed E-state index contributed by atoms with van der Waals surface area (Å²) in [5, 5.41) is 10.3. The van der Waals surface area contributed by atoms with Gasteiger partial charge in [-0.3, -0.25) is 19.8 Å². The predicted octanol–water partition coefficient (Wildman–Crippen LogP) is 3.18. The van der Waals surface area contributed by atoms with Gasteiger partial charge in [0.15, 0.2) is 5.11 Å². The van der Waals surface area contributed by atoms with Crippen molar-refractivity contribution in [2.75, 3.05) is 26.2 Å². The zero-order chi connectivity index (χ0) is 20.9. The quantitative estimate of drug-likeness (QED) is 0.684. The highest BCUT2D eigenvalue weighted by atomic mass is 32.1. The maximum Gasteiger partial charge on any atom is 0.267 e. The summed E-state index contributed by atoms with van der Waals surface area (Å²) in [7, 11) is 0. The first-order chi connectivity index (χ1) is 14.6. The minimum atomic E-state index is -0.147. The van der Waals surface area contributed by atoms with Crippen LogP contribution in [0.5, 0.6) is 0 Å². The van der Waals surface area contributed by atoms with E-state index in [0.29, 0.717) is 22.1 Å². The first kappa shape index (κ1) is 21.4. The number of piperazine rings is 1. The molecule has 2 fully saturated rings. The number of thiocarbonyl (C=S) groups is 1. The van der Waals surface area contributed by atoms with Gasteiger partial charge in [0.25, 0.3) is 11.8 Å². The predicted molar refractivity (Wildman–Crippen MR) is 125 cm³/mol. The molecule has 2 N–H and O–H groups in total. The SMILES string of the molecule is O=C(NC(=S)NC1CCC(N2CCN(C(=O)c3cccs3)CC2)CC1)c1cccs1. The Morgan fingerprint density at radius 1 is 0.933 bits per heavy atom. The molecule has 2 aliphatic rings. The molecule has 3 heterocycles. The Bertz CT molecular complexity index is 853. The van der Waals surface area contributed by atoms with E-state index in [1.165, 1.54) is 22.7 Å². The van der Waals surface area contributed by atoms with Crippen molar-refractivity contribution in [3.05, 3.63) is 44.8 Å². The zero-order valence-electron chi connectivity index (χ0n) is 16.7. The first-order valence-electron chi connectivity index (χ1n) is 10.3. The van der Waals surface area contributed by atoms with Gasteiger partial charge in [-0.25, -0.2) is 0 Å². The second kappa shape index (κ2) is 10.00. The molecule has 2 amide bonds. The second-order valence-electron chi connectivity index (χ2n) is 7.72. The van der Waals surface area contributed by atoms with Crippen molar-refractivity contribution in [1.82, 2.24) is 20.4 Å². The topological polar surface area (TPSA) is 64.7 Å². The minimum Gasteiger partial charge on any atom is -0.360 e. The third kappa shape index (κ3) is 5.26. The normalized spacial score (nSPS) is 22.5. The van der Waals surface area contributed by atoms with Crippen molar-refractivity contribution >= 4 is 51.8 Å². The van der Waals surface area contributed by atoms with Crippen LogP contribution in [0.1, 0.15) is 45.0 Å². The maximum absolute atomic E-state index is 12.5. The number of carbonyl (C=O) groups is 2. The van der Waals surface area contributed by atoms with E-state index in [1.54, 1.807) is 6.07 Å². The molecule has 160 valence electrons. The van der Waals surface area contributed by atoms with E-state index < -0.39 is 0 Å². The monoisotopic (exact) mass is 462 g/mol. The fraction of sp³-hybridized carbons (Fsp3) is 0.476. The van der Waals surface area contributed by atoms with Gasteiger partial charge >= 0.3 is 0 Å². The molecular formula is C21H26N4O2S3. The standard InChI is InChI=1S/C21H26N4O2S3/c26-19(17-3-1-13-29-17)23-21(28)22-15-5-7-16(8-6-15)24-9-11-25(12-10-24)20(27)18-4-2-14-30-18/h1-4,13-16H,5-12H2,(H2,22,23,26,28). The largest absolute Gasteiger partial charge is 0.360 e. The van der Waals surface area contributed by atoms with Crippen LogP contribution in [0.4, 0.5) is 0 Å². The molecule has 0 spiro atoms. The summed E-state index contributed by atoms with van der Waals surface area (Å²) in [4.78, 5) is 30.6. The molecule has 1 saturated carbocycles. The Morgan fingerprint density at radius 2 is 1.57 bits per heavy atom. The Balaban J connectivity index is 1.17. The Hall–Kier alpha value is -1.81. The molecule has 0 bridgehead atoms. The van der Waals surface area contributed by atoms with Crippen molar-refractivity contribution in [3.8, 4) is 0 Å². The summed E-state index contributed by atoms with van der Waals surface area (Å²) in [5.74, 6) is 0.0156. The smallest absolute Gasteiger partial charge is 0.267 e. The lowest BCUT2D eigenvalue weighted by Gasteiger charge is -2.42. The van der Waals surface area contributed by atoms with Crippen LogP contribution in [0.15, 0.2) is 35.0 Å². The van der Waals surface area contributed by atoms with Gasteiger partial charge in [0.1, 0.15) is 0 Å². The van der Waals surface area contributed by atoms with Gasteiger partial charge in [-0.15, -0.1) is 22.7 Å². The highest BCUT2D eigenvalue weighted by molar-refractivity contribution is 7.80. The van der Waals surface area contributed by atoms with E-state index in [4.69, 9.17) is 12.2 Å². The minimum absolute atomic E-state index is 0.147. The van der Waals surface area contributed by atoms with Crippen LogP contribution in [-0.4, -0.2) is 65.0 Å². The van der Waals surface area contributed by atoms with Crippen molar-refractivity contribution < 1.29 is 9.59 Å². The summed E-state index contributed by atoms with van der Waals surface area (Å²) in [5.41, 5.74) is 0. The van der Waals surface area contributed by atoms with Gasteiger partial charge in [0.05, 0.1) is 9.75 Å². The number of carbonyl (C=O) groups excluding carboxylic acids is 2. The van der Waals surface area contributed by atoms with Crippen LogP contribution in [0, 0.1) is 0 Å². The van der Waals surface area contributed by atoms with E-state index >= 15 is 0 Å². The number of rotatable bonds is 4. The highest BCUT2D eigenvalue weighted by Gasteiger charge is 2.30. The lowest BCUT2D eigenvalue weighted by Crippen LogP contribution is -2.53. The molecule has 0 unspecified atom stereocenters. The number of thiophene rings is 2. The van der Waals surface area contributed by atoms with Crippen molar-refractivity contribution in [2.24, 2.45) is 0 Å². The summed E-state index contributed by atoms with van der Waals surface area (Å²) in [6, 6.07) is 8.35. The van der Waals surface area contributed by atoms with E-state index in [-0.39, 0.29) is 11.8 Å². The van der Waals surface area contributed by atoms with Crippen LogP contribution in [0.3, 0.4) is 0 Å². The Morgan fingerprint density at radius 3 is 2.17 bits per heavy atom. The van der Waals surface area contributed by atoms with E-state index in [0.717, 1.165) is 56.7 Å². The number of nitrogens with one attached hydrogen (secondary N) is 2. The number of nitrogens with zero attached hydrogens (tertiary/aromatic N) is 2. The fourth-order valence-electron chi connectivity index (χ4n) is 4.23. The number of hydrogen-bond acceptors (Lipinski definition) is 6. The molecule has 6 nitrogen and oxygen atoms in total. The molecule has 1 aliphatic heterocycles. The van der Waals surface area contributed by atoms with Crippen LogP contribution in [-0.2, 0) is 0 Å². The van der Waals surface area contributed by atoms with Gasteiger partial charge in [0, 0.05) is 38.3 Å². The van der Waals surface area contributed by atoms with Crippen LogP contribution >= 0.6 is 34.9 Å². The summed E-state index contributed by atoms with van der Waals surface area (Å²) >= 11 is 8.25. The molecule has 1 saturated heterocycles. The number of hydrogen-bond donors (Lipinski definition) is 2. The molecule has 0 aromatic carbocycles. The average molecular weight is 463 g/mol. The Labute approximate surface area is 190 Å². The molecule has 2 aromatic rings. The highest BCUT2D eigenvalue weighted by Crippen LogP contribution is 2.25. The third-order valence-electron chi connectivity index (χ3n) is 5.85. The van der Waals surface area contributed by atoms with Gasteiger partial charge in [0.2, 0.25) is 0 Å². The Kier molecular flexibility index (Phi) is 7.14. The van der Waals surface area contributed by atoms with Crippen LogP contribution in [0.25, 0.3) is 0 Å². The lowest BCUT2D eigenvalue weighted by atomic mass is 9.90. The summed E-state index contributed by atoms with van der Waals surface area (Å²) < 4.78 is 0. The summed E-state index contributed by atoms with van der Waals surface area (Å²) in [6.07, 6.45) is 4.29. The molecule has 30 heavy (non-hydrogen) atoms. The van der Waals surface area contributed by atoms with Gasteiger partial charge < -0.3 is 10.2 Å². The second-order valence-corrected chi connectivity index (χ2v) is 10.0. The van der Waals surface area contributed by atoms with Crippen molar-refractivity contribution in [3.63, 3.8) is 0 Å². The summed E-state index contributed by atoms with van der Waals surface area (Å²) in [6.45, 7) is 3.48. The molecule has 0 radical (unpaired) electrons. The number of amides is 2. The molecule has 2 aromatic heterocycles. The van der Waals surface area contributed by atoms with Gasteiger partial charge in [-0.05, 0) is 60.8 Å². The van der Waals surface area contributed by atoms with Crippen molar-refractivity contribution in [1.29, 1.82) is 0 Å². The zero-order valence-corrected chi connectivity index (χ0v) is 19.2. The van der Waals surface area contributed by atoms with Gasteiger partial charge in [-0.1, -0.05) is 12.1 Å². The lowest BCUT2D eigenvalue weighted by molar-refractivity contribution is 0.0516. The van der Waals surface area contributed by atoms with Crippen LogP contribution < -0.4 is 10.6 Å². The van der Waals surface area contributed by atoms with Gasteiger partial charge in [-0.2, -0.15) is 0 Å². The van der Waals surface area contributed by atoms with E-state index in [1.807, 2.05) is 33.9 Å². The molecule has 1 aliphatic carbocycles. The van der Waals surface area contributed by atoms with E-state index in [9.17, 15) is 9.59 Å². The molecular weight excluding hydrogens is 436 g/mol. The molecule has 4 rings (SSSR count). The molecule has 0 atom stereocenters. The average Bonchev–Trinajstić information content (AvgIpc) is 3.48. The van der Waals surface area contributed by atoms with Crippen molar-refractivity contribution in [2.45, 2.75) is 37.8 Å². The fourth-order valence-corrected chi connectivity index (χ4v) is 5.79. The van der Waals surface area contributed by atoms with E-state index in [2.05, 4.69) is 15.5 Å². The molecule has 9 heteroatoms. The third-order valence-corrected chi connectivity index (χ3v) is 7.80. The maximum atomic E-state index is 12.5.